The van der Waals surface area contributed by atoms with Crippen LogP contribution in [0.4, 0.5) is 5.69 Å². The second-order valence-electron chi connectivity index (χ2n) is 4.61. The van der Waals surface area contributed by atoms with E-state index in [2.05, 4.69) is 52.4 Å². The number of halogens is 1. The predicted molar refractivity (Wildman–Crippen MR) is 69.2 cm³/mol. The minimum Gasteiger partial charge on any atom is -0.382 e. The van der Waals surface area contributed by atoms with Gasteiger partial charge in [0, 0.05) is 16.2 Å². The molecule has 0 amide bonds. The predicted octanol–water partition coefficient (Wildman–Crippen LogP) is 4.44. The van der Waals surface area contributed by atoms with Gasteiger partial charge in [-0.1, -0.05) is 22.9 Å². The van der Waals surface area contributed by atoms with Crippen LogP contribution in [0.2, 0.25) is 0 Å². The van der Waals surface area contributed by atoms with Crippen LogP contribution in [-0.4, -0.2) is 6.04 Å². The third-order valence-electron chi connectivity index (χ3n) is 3.23. The molecule has 0 bridgehead atoms. The van der Waals surface area contributed by atoms with E-state index in [0.29, 0.717) is 6.04 Å². The quantitative estimate of drug-likeness (QED) is 0.836. The van der Waals surface area contributed by atoms with Crippen LogP contribution in [0.1, 0.15) is 32.6 Å². The highest BCUT2D eigenvalue weighted by Gasteiger charge is 2.17. The fourth-order valence-electron chi connectivity index (χ4n) is 2.19. The Morgan fingerprint density at radius 1 is 1.07 bits per heavy atom. The summed E-state index contributed by atoms with van der Waals surface area (Å²) in [6, 6.07) is 9.15. The Hall–Kier alpha value is -0.500. The molecule has 0 unspecified atom stereocenters. The molecule has 2 rings (SSSR count). The van der Waals surface area contributed by atoms with Gasteiger partial charge in [0.15, 0.2) is 0 Å². The number of hydrogen-bond donors (Lipinski definition) is 1. The summed E-state index contributed by atoms with van der Waals surface area (Å²) in [7, 11) is 0. The van der Waals surface area contributed by atoms with E-state index in [1.165, 1.54) is 31.4 Å². The van der Waals surface area contributed by atoms with Crippen molar-refractivity contribution in [2.24, 2.45) is 5.92 Å². The van der Waals surface area contributed by atoms with Gasteiger partial charge in [-0.25, -0.2) is 0 Å². The van der Waals surface area contributed by atoms with Crippen molar-refractivity contribution in [1.82, 2.24) is 0 Å². The summed E-state index contributed by atoms with van der Waals surface area (Å²) in [5, 5.41) is 3.61. The maximum Gasteiger partial charge on any atom is 0.0343 e. The first kappa shape index (κ1) is 11.0. The molecule has 0 saturated heterocycles. The lowest BCUT2D eigenvalue weighted by molar-refractivity contribution is 0.361. The zero-order chi connectivity index (χ0) is 10.7. The fourth-order valence-corrected chi connectivity index (χ4v) is 2.45. The molecule has 1 nitrogen and oxygen atoms in total. The van der Waals surface area contributed by atoms with Gasteiger partial charge in [0.25, 0.3) is 0 Å². The van der Waals surface area contributed by atoms with E-state index in [1.807, 2.05) is 0 Å². The molecule has 1 aromatic rings. The van der Waals surface area contributed by atoms with Crippen molar-refractivity contribution in [2.45, 2.75) is 38.6 Å². The second kappa shape index (κ2) is 5.02. The number of anilines is 1. The highest BCUT2D eigenvalue weighted by atomic mass is 79.9. The van der Waals surface area contributed by atoms with Gasteiger partial charge < -0.3 is 5.32 Å². The van der Waals surface area contributed by atoms with Gasteiger partial charge in [-0.05, 0) is 55.9 Å². The van der Waals surface area contributed by atoms with Crippen molar-refractivity contribution in [3.05, 3.63) is 28.7 Å². The first-order valence-corrected chi connectivity index (χ1v) is 6.55. The van der Waals surface area contributed by atoms with E-state index in [9.17, 15) is 0 Å². The lowest BCUT2D eigenvalue weighted by atomic mass is 9.87. The summed E-state index contributed by atoms with van der Waals surface area (Å²) in [5.74, 6) is 0.924. The zero-order valence-electron chi connectivity index (χ0n) is 9.17. The van der Waals surface area contributed by atoms with Crippen LogP contribution < -0.4 is 5.32 Å². The molecule has 1 aliphatic carbocycles. The lowest BCUT2D eigenvalue weighted by Crippen LogP contribution is -2.25. The van der Waals surface area contributed by atoms with Gasteiger partial charge in [0.1, 0.15) is 0 Å². The molecule has 0 aliphatic heterocycles. The van der Waals surface area contributed by atoms with Gasteiger partial charge in [-0.2, -0.15) is 0 Å². The van der Waals surface area contributed by atoms with Crippen LogP contribution in [-0.2, 0) is 0 Å². The van der Waals surface area contributed by atoms with Crippen molar-refractivity contribution < 1.29 is 0 Å². The van der Waals surface area contributed by atoms with Gasteiger partial charge in [-0.15, -0.1) is 0 Å². The minimum absolute atomic E-state index is 0.683. The average Bonchev–Trinajstić information content (AvgIpc) is 2.25. The number of nitrogens with one attached hydrogen (secondary N) is 1. The molecule has 0 atom stereocenters. The van der Waals surface area contributed by atoms with Crippen LogP contribution in [0.3, 0.4) is 0 Å². The van der Waals surface area contributed by atoms with Crippen molar-refractivity contribution in [3.63, 3.8) is 0 Å². The van der Waals surface area contributed by atoms with Crippen molar-refractivity contribution in [3.8, 4) is 0 Å². The summed E-state index contributed by atoms with van der Waals surface area (Å²) < 4.78 is 1.14. The number of hydrogen-bond acceptors (Lipinski definition) is 1. The molecule has 0 radical (unpaired) electrons. The molecule has 15 heavy (non-hydrogen) atoms. The normalized spacial score (nSPS) is 26.3. The maximum atomic E-state index is 3.61. The van der Waals surface area contributed by atoms with E-state index in [1.54, 1.807) is 0 Å². The molecular formula is C13H18BrN. The van der Waals surface area contributed by atoms with Crippen molar-refractivity contribution in [1.29, 1.82) is 0 Å². The molecular weight excluding hydrogens is 250 g/mol. The second-order valence-corrected chi connectivity index (χ2v) is 5.52. The Bertz CT molecular complexity index is 299. The van der Waals surface area contributed by atoms with Crippen LogP contribution in [0, 0.1) is 5.92 Å². The summed E-state index contributed by atoms with van der Waals surface area (Å²) in [6.45, 7) is 2.36. The van der Waals surface area contributed by atoms with E-state index in [4.69, 9.17) is 0 Å². The smallest absolute Gasteiger partial charge is 0.0343 e. The lowest BCUT2D eigenvalue weighted by Gasteiger charge is -2.27. The first-order valence-electron chi connectivity index (χ1n) is 5.76. The molecule has 1 aliphatic rings. The summed E-state index contributed by atoms with van der Waals surface area (Å²) in [5.41, 5.74) is 1.25. The van der Waals surface area contributed by atoms with Crippen molar-refractivity contribution in [2.75, 3.05) is 5.32 Å². The van der Waals surface area contributed by atoms with Crippen LogP contribution in [0.15, 0.2) is 28.7 Å². The Morgan fingerprint density at radius 3 is 2.27 bits per heavy atom. The fraction of sp³-hybridized carbons (Fsp3) is 0.538. The van der Waals surface area contributed by atoms with E-state index in [0.717, 1.165) is 10.4 Å². The molecule has 1 N–H and O–H groups in total. The maximum absolute atomic E-state index is 3.61. The summed E-state index contributed by atoms with van der Waals surface area (Å²) in [6.07, 6.45) is 5.37. The molecule has 1 saturated carbocycles. The Morgan fingerprint density at radius 2 is 1.67 bits per heavy atom. The van der Waals surface area contributed by atoms with Gasteiger partial charge in [0.2, 0.25) is 0 Å². The highest BCUT2D eigenvalue weighted by Crippen LogP contribution is 2.26. The van der Waals surface area contributed by atoms with Gasteiger partial charge >= 0.3 is 0 Å². The van der Waals surface area contributed by atoms with Crippen molar-refractivity contribution >= 4 is 21.6 Å². The van der Waals surface area contributed by atoms with E-state index in [-0.39, 0.29) is 0 Å². The van der Waals surface area contributed by atoms with E-state index >= 15 is 0 Å². The van der Waals surface area contributed by atoms with Crippen LogP contribution >= 0.6 is 15.9 Å². The van der Waals surface area contributed by atoms with Gasteiger partial charge in [-0.3, -0.25) is 0 Å². The third-order valence-corrected chi connectivity index (χ3v) is 3.76. The van der Waals surface area contributed by atoms with Crippen LogP contribution in [0.25, 0.3) is 0 Å². The first-order chi connectivity index (χ1) is 7.24. The van der Waals surface area contributed by atoms with Gasteiger partial charge in [0.05, 0.1) is 0 Å². The Labute approximate surface area is 100 Å². The standard InChI is InChI=1S/C13H18BrN/c1-10-2-6-12(7-3-10)15-13-8-4-11(14)5-9-13/h4-5,8-10,12,15H,2-3,6-7H2,1H3. The molecule has 0 heterocycles. The summed E-state index contributed by atoms with van der Waals surface area (Å²) >= 11 is 3.45. The Kier molecular flexibility index (Phi) is 3.68. The SMILES string of the molecule is CC1CCC(Nc2ccc(Br)cc2)CC1. The monoisotopic (exact) mass is 267 g/mol. The largest absolute Gasteiger partial charge is 0.382 e. The third kappa shape index (κ3) is 3.23. The Balaban J connectivity index is 1.89. The molecule has 1 aromatic carbocycles. The highest BCUT2D eigenvalue weighted by molar-refractivity contribution is 9.10. The number of rotatable bonds is 2. The molecule has 0 spiro atoms. The molecule has 2 heteroatoms. The molecule has 0 aromatic heterocycles. The topological polar surface area (TPSA) is 12.0 Å². The summed E-state index contributed by atoms with van der Waals surface area (Å²) in [4.78, 5) is 0. The minimum atomic E-state index is 0.683. The molecule has 82 valence electrons. The zero-order valence-corrected chi connectivity index (χ0v) is 10.8. The number of benzene rings is 1. The average molecular weight is 268 g/mol. The molecule has 1 fully saturated rings. The van der Waals surface area contributed by atoms with E-state index < -0.39 is 0 Å². The van der Waals surface area contributed by atoms with Crippen LogP contribution in [0.5, 0.6) is 0 Å².